The predicted octanol–water partition coefficient (Wildman–Crippen LogP) is 2.71. The Bertz CT molecular complexity index is 321. The van der Waals surface area contributed by atoms with Crippen molar-refractivity contribution in [2.45, 2.75) is 38.6 Å². The van der Waals surface area contributed by atoms with E-state index in [9.17, 15) is 0 Å². The molecule has 1 atom stereocenters. The number of hydrogen-bond acceptors (Lipinski definition) is 4. The first-order chi connectivity index (χ1) is 7.81. The minimum atomic E-state index is 0.370. The summed E-state index contributed by atoms with van der Waals surface area (Å²) in [7, 11) is 0. The van der Waals surface area contributed by atoms with E-state index in [1.54, 1.807) is 11.3 Å². The summed E-state index contributed by atoms with van der Waals surface area (Å²) in [6.45, 7) is 7.07. The minimum absolute atomic E-state index is 0.370. The van der Waals surface area contributed by atoms with Crippen LogP contribution in [-0.2, 0) is 4.74 Å². The van der Waals surface area contributed by atoms with E-state index in [0.29, 0.717) is 12.0 Å². The van der Waals surface area contributed by atoms with E-state index in [1.165, 1.54) is 10.7 Å². The molecule has 2 rings (SSSR count). The summed E-state index contributed by atoms with van der Waals surface area (Å²) in [6, 6.07) is 0.370. The van der Waals surface area contributed by atoms with Crippen molar-refractivity contribution in [1.82, 2.24) is 10.3 Å². The first kappa shape index (κ1) is 12.0. The van der Waals surface area contributed by atoms with Gasteiger partial charge < -0.3 is 10.1 Å². The molecule has 1 aromatic rings. The summed E-state index contributed by atoms with van der Waals surface area (Å²) in [5, 5.41) is 6.88. The Balaban J connectivity index is 2.00. The van der Waals surface area contributed by atoms with Gasteiger partial charge in [-0.2, -0.15) is 0 Å². The molecule has 0 aromatic carbocycles. The Morgan fingerprint density at radius 3 is 3.00 bits per heavy atom. The quantitative estimate of drug-likeness (QED) is 0.878. The molecule has 0 spiro atoms. The van der Waals surface area contributed by atoms with E-state index in [4.69, 9.17) is 9.72 Å². The zero-order valence-corrected chi connectivity index (χ0v) is 10.8. The van der Waals surface area contributed by atoms with Gasteiger partial charge in [-0.1, -0.05) is 6.92 Å². The fourth-order valence-electron chi connectivity index (χ4n) is 2.04. The van der Waals surface area contributed by atoms with Crippen LogP contribution in [0.2, 0.25) is 0 Å². The van der Waals surface area contributed by atoms with Crippen LogP contribution in [0.25, 0.3) is 0 Å². The molecule has 90 valence electrons. The maximum absolute atomic E-state index is 5.38. The van der Waals surface area contributed by atoms with Crippen LogP contribution in [0.3, 0.4) is 0 Å². The van der Waals surface area contributed by atoms with Gasteiger partial charge in [0.2, 0.25) is 0 Å². The highest BCUT2D eigenvalue weighted by Crippen LogP contribution is 2.30. The molecule has 1 saturated heterocycles. The molecule has 16 heavy (non-hydrogen) atoms. The van der Waals surface area contributed by atoms with Gasteiger partial charge >= 0.3 is 0 Å². The van der Waals surface area contributed by atoms with Crippen molar-refractivity contribution in [3.05, 3.63) is 16.1 Å². The van der Waals surface area contributed by atoms with Crippen LogP contribution < -0.4 is 5.32 Å². The highest BCUT2D eigenvalue weighted by Gasteiger charge is 2.20. The zero-order valence-electron chi connectivity index (χ0n) is 10.0. The van der Waals surface area contributed by atoms with Gasteiger partial charge in [0, 0.05) is 30.6 Å². The SMILES string of the molecule is CCNC(C)c1csc(C2CCOCC2)n1. The van der Waals surface area contributed by atoms with Crippen LogP contribution in [0.1, 0.15) is 49.4 Å². The topological polar surface area (TPSA) is 34.1 Å². The van der Waals surface area contributed by atoms with Crippen LogP contribution in [0.5, 0.6) is 0 Å². The van der Waals surface area contributed by atoms with Gasteiger partial charge in [-0.25, -0.2) is 4.98 Å². The first-order valence-electron chi connectivity index (χ1n) is 6.07. The monoisotopic (exact) mass is 240 g/mol. The van der Waals surface area contributed by atoms with E-state index < -0.39 is 0 Å². The minimum Gasteiger partial charge on any atom is -0.381 e. The summed E-state index contributed by atoms with van der Waals surface area (Å²) in [5.74, 6) is 0.626. The molecule has 0 saturated carbocycles. The lowest BCUT2D eigenvalue weighted by Crippen LogP contribution is -2.18. The average Bonchev–Trinajstić information content (AvgIpc) is 2.80. The van der Waals surface area contributed by atoms with Crippen molar-refractivity contribution < 1.29 is 4.74 Å². The Hall–Kier alpha value is -0.450. The first-order valence-corrected chi connectivity index (χ1v) is 6.95. The molecule has 1 aromatic heterocycles. The van der Waals surface area contributed by atoms with E-state index in [0.717, 1.165) is 32.6 Å². The van der Waals surface area contributed by atoms with Crippen molar-refractivity contribution in [1.29, 1.82) is 0 Å². The van der Waals surface area contributed by atoms with Crippen molar-refractivity contribution in [2.24, 2.45) is 0 Å². The number of hydrogen-bond donors (Lipinski definition) is 1. The smallest absolute Gasteiger partial charge is 0.0961 e. The number of nitrogens with one attached hydrogen (secondary N) is 1. The second-order valence-corrected chi connectivity index (χ2v) is 5.17. The van der Waals surface area contributed by atoms with Crippen LogP contribution in [0, 0.1) is 0 Å². The normalized spacial score (nSPS) is 19.9. The lowest BCUT2D eigenvalue weighted by molar-refractivity contribution is 0.0852. The van der Waals surface area contributed by atoms with Gasteiger partial charge in [0.1, 0.15) is 0 Å². The van der Waals surface area contributed by atoms with Crippen LogP contribution >= 0.6 is 11.3 Å². The van der Waals surface area contributed by atoms with Crippen LogP contribution in [-0.4, -0.2) is 24.7 Å². The zero-order chi connectivity index (χ0) is 11.4. The van der Waals surface area contributed by atoms with Gasteiger partial charge in [0.15, 0.2) is 0 Å². The van der Waals surface area contributed by atoms with Crippen molar-refractivity contribution >= 4 is 11.3 Å². The Labute approximate surface area is 101 Å². The number of ether oxygens (including phenoxy) is 1. The number of thiazole rings is 1. The third-order valence-electron chi connectivity index (χ3n) is 3.06. The fraction of sp³-hybridized carbons (Fsp3) is 0.750. The van der Waals surface area contributed by atoms with Crippen molar-refractivity contribution in [3.63, 3.8) is 0 Å². The van der Waals surface area contributed by atoms with Crippen molar-refractivity contribution in [2.75, 3.05) is 19.8 Å². The van der Waals surface area contributed by atoms with E-state index >= 15 is 0 Å². The lowest BCUT2D eigenvalue weighted by atomic mass is 10.0. The number of aromatic nitrogens is 1. The van der Waals surface area contributed by atoms with Gasteiger partial charge in [-0.05, 0) is 26.3 Å². The van der Waals surface area contributed by atoms with Crippen LogP contribution in [0.4, 0.5) is 0 Å². The summed E-state index contributed by atoms with van der Waals surface area (Å²) in [5.41, 5.74) is 1.19. The van der Waals surface area contributed by atoms with Gasteiger partial charge in [-0.15, -0.1) is 11.3 Å². The van der Waals surface area contributed by atoms with Crippen LogP contribution in [0.15, 0.2) is 5.38 Å². The summed E-state index contributed by atoms with van der Waals surface area (Å²) < 4.78 is 5.38. The molecule has 1 aliphatic heterocycles. The Morgan fingerprint density at radius 1 is 1.56 bits per heavy atom. The summed E-state index contributed by atoms with van der Waals surface area (Å²) >= 11 is 1.80. The highest BCUT2D eigenvalue weighted by atomic mass is 32.1. The summed E-state index contributed by atoms with van der Waals surface area (Å²) in [4.78, 5) is 4.75. The predicted molar refractivity (Wildman–Crippen MR) is 67.0 cm³/mol. The molecule has 4 heteroatoms. The summed E-state index contributed by atoms with van der Waals surface area (Å²) in [6.07, 6.45) is 2.26. The molecule has 1 unspecified atom stereocenters. The van der Waals surface area contributed by atoms with Gasteiger partial charge in [0.25, 0.3) is 0 Å². The molecule has 1 N–H and O–H groups in total. The molecule has 0 aliphatic carbocycles. The molecule has 3 nitrogen and oxygen atoms in total. The second-order valence-electron chi connectivity index (χ2n) is 4.28. The van der Waals surface area contributed by atoms with Gasteiger partial charge in [0.05, 0.1) is 10.7 Å². The third-order valence-corrected chi connectivity index (χ3v) is 4.09. The molecular formula is C12H20N2OS. The number of rotatable bonds is 4. The molecule has 2 heterocycles. The third kappa shape index (κ3) is 2.81. The van der Waals surface area contributed by atoms with Crippen molar-refractivity contribution in [3.8, 4) is 0 Å². The number of nitrogens with zero attached hydrogens (tertiary/aromatic N) is 1. The van der Waals surface area contributed by atoms with E-state index in [-0.39, 0.29) is 0 Å². The largest absolute Gasteiger partial charge is 0.381 e. The molecular weight excluding hydrogens is 220 g/mol. The molecule has 1 fully saturated rings. The fourth-order valence-corrected chi connectivity index (χ4v) is 3.13. The maximum Gasteiger partial charge on any atom is 0.0961 e. The lowest BCUT2D eigenvalue weighted by Gasteiger charge is -2.19. The molecule has 1 aliphatic rings. The molecule has 0 radical (unpaired) electrons. The Morgan fingerprint density at radius 2 is 2.31 bits per heavy atom. The molecule has 0 amide bonds. The Kier molecular flexibility index (Phi) is 4.32. The standard InChI is InChI=1S/C12H20N2OS/c1-3-13-9(2)11-8-16-12(14-11)10-4-6-15-7-5-10/h8-10,13H,3-7H2,1-2H3. The van der Waals surface area contributed by atoms with Gasteiger partial charge in [-0.3, -0.25) is 0 Å². The highest BCUT2D eigenvalue weighted by molar-refractivity contribution is 7.09. The average molecular weight is 240 g/mol. The maximum atomic E-state index is 5.38. The second kappa shape index (κ2) is 5.75. The molecule has 0 bridgehead atoms. The van der Waals surface area contributed by atoms with E-state index in [1.807, 2.05) is 0 Å². The van der Waals surface area contributed by atoms with E-state index in [2.05, 4.69) is 24.5 Å².